The molecule has 0 aromatic rings. The van der Waals surface area contributed by atoms with Gasteiger partial charge in [-0.1, -0.05) is 53.2 Å². The van der Waals surface area contributed by atoms with Crippen LogP contribution in [-0.2, 0) is 9.47 Å². The first-order valence-corrected chi connectivity index (χ1v) is 14.2. The van der Waals surface area contributed by atoms with Crippen molar-refractivity contribution in [1.82, 2.24) is 0 Å². The van der Waals surface area contributed by atoms with Gasteiger partial charge in [0, 0.05) is 12.3 Å². The Labute approximate surface area is 197 Å². The third-order valence-electron chi connectivity index (χ3n) is 12.4. The molecule has 3 saturated carbocycles. The number of allylic oxidation sites excluding steroid dienone is 2. The Morgan fingerprint density at radius 2 is 1.81 bits per heavy atom. The van der Waals surface area contributed by atoms with Gasteiger partial charge in [0.25, 0.3) is 0 Å². The summed E-state index contributed by atoms with van der Waals surface area (Å²) in [6.07, 6.45) is 15.3. The zero-order chi connectivity index (χ0) is 22.5. The Bertz CT molecular complexity index is 776. The minimum absolute atomic E-state index is 0.270. The molecule has 6 aliphatic rings. The van der Waals surface area contributed by atoms with Crippen LogP contribution in [0.5, 0.6) is 0 Å². The number of rotatable bonds is 1. The van der Waals surface area contributed by atoms with Gasteiger partial charge >= 0.3 is 0 Å². The minimum atomic E-state index is -0.270. The quantitative estimate of drug-likeness (QED) is 0.390. The Kier molecular flexibility index (Phi) is 5.07. The lowest BCUT2D eigenvalue weighted by molar-refractivity contribution is -0.272. The first-order valence-electron chi connectivity index (χ1n) is 14.2. The Morgan fingerprint density at radius 1 is 1.00 bits per heavy atom. The fraction of sp³-hybridized carbons (Fsp3) is 0.933. The van der Waals surface area contributed by atoms with Crippen molar-refractivity contribution in [1.29, 1.82) is 0 Å². The van der Waals surface area contributed by atoms with Gasteiger partial charge in [-0.25, -0.2) is 0 Å². The first kappa shape index (κ1) is 22.1. The lowest BCUT2D eigenvalue weighted by Gasteiger charge is -2.59. The number of hydrogen-bond acceptors (Lipinski definition) is 2. The standard InChI is InChI=1S/C30H48O2/c1-18(2)21-10-12-28(5)22(15-21)7-8-23-24(28)11-13-29(6)25(23)16-26-27(29)20(4)30(32-26)14-9-19(3)17-31-30/h7,18-21,23-27H,8-17H2,1-6H3/t19?,20-,21-,23+,24-,25-,26-,27-,28-,29-,30+/m0/s1. The third-order valence-corrected chi connectivity index (χ3v) is 12.4. The highest BCUT2D eigenvalue weighted by Gasteiger charge is 2.68. The summed E-state index contributed by atoms with van der Waals surface area (Å²) in [4.78, 5) is 0. The van der Waals surface area contributed by atoms with Crippen LogP contribution in [0.4, 0.5) is 0 Å². The molecule has 0 amide bonds. The van der Waals surface area contributed by atoms with Gasteiger partial charge in [0.05, 0.1) is 12.7 Å². The maximum Gasteiger partial charge on any atom is 0.171 e. The van der Waals surface area contributed by atoms with Crippen molar-refractivity contribution in [2.75, 3.05) is 6.61 Å². The average molecular weight is 441 g/mol. The van der Waals surface area contributed by atoms with Gasteiger partial charge in [-0.15, -0.1) is 0 Å². The molecule has 1 unspecified atom stereocenters. The molecule has 1 spiro atoms. The van der Waals surface area contributed by atoms with Crippen molar-refractivity contribution < 1.29 is 9.47 Å². The second kappa shape index (κ2) is 7.33. The molecule has 0 aromatic heterocycles. The van der Waals surface area contributed by atoms with Crippen LogP contribution in [0.25, 0.3) is 0 Å². The highest BCUT2D eigenvalue weighted by Crippen LogP contribution is 2.70. The average Bonchev–Trinajstić information content (AvgIpc) is 3.20. The van der Waals surface area contributed by atoms with E-state index in [4.69, 9.17) is 9.47 Å². The minimum Gasteiger partial charge on any atom is -0.349 e. The molecule has 4 aliphatic carbocycles. The van der Waals surface area contributed by atoms with E-state index in [2.05, 4.69) is 47.6 Å². The normalized spacial score (nSPS) is 57.0. The van der Waals surface area contributed by atoms with E-state index in [9.17, 15) is 0 Å². The second-order valence-electron chi connectivity index (χ2n) is 14.0. The number of ether oxygens (including phenoxy) is 2. The maximum atomic E-state index is 6.95. The van der Waals surface area contributed by atoms with Crippen molar-refractivity contribution in [2.24, 2.45) is 58.2 Å². The lowest BCUT2D eigenvalue weighted by Crippen LogP contribution is -2.52. The van der Waals surface area contributed by atoms with Crippen LogP contribution >= 0.6 is 0 Å². The third kappa shape index (κ3) is 2.90. The van der Waals surface area contributed by atoms with Crippen LogP contribution in [-0.4, -0.2) is 18.5 Å². The zero-order valence-corrected chi connectivity index (χ0v) is 21.7. The molecule has 2 heterocycles. The van der Waals surface area contributed by atoms with E-state index in [-0.39, 0.29) is 5.79 Å². The molecule has 2 aliphatic heterocycles. The predicted molar refractivity (Wildman–Crippen MR) is 130 cm³/mol. The van der Waals surface area contributed by atoms with Crippen LogP contribution < -0.4 is 0 Å². The van der Waals surface area contributed by atoms with E-state index >= 15 is 0 Å². The monoisotopic (exact) mass is 440 g/mol. The van der Waals surface area contributed by atoms with E-state index in [0.717, 1.165) is 42.6 Å². The van der Waals surface area contributed by atoms with Gasteiger partial charge < -0.3 is 9.47 Å². The SMILES string of the molecule is CC1CC[C@@]2(OC1)O[C@H]1C[C@H]3[C@@H]4CC=C5C[C@@H](C(C)C)CC[C@]5(C)[C@H]4CC[C@]3(C)[C@H]1[C@@H]2C. The van der Waals surface area contributed by atoms with Crippen LogP contribution in [0, 0.1) is 58.2 Å². The highest BCUT2D eigenvalue weighted by molar-refractivity contribution is 5.26. The fourth-order valence-corrected chi connectivity index (χ4v) is 10.3. The van der Waals surface area contributed by atoms with E-state index in [1.807, 2.05) is 5.57 Å². The van der Waals surface area contributed by atoms with Crippen LogP contribution in [0.2, 0.25) is 0 Å². The maximum absolute atomic E-state index is 6.95. The molecule has 180 valence electrons. The van der Waals surface area contributed by atoms with Crippen molar-refractivity contribution in [2.45, 2.75) is 111 Å². The zero-order valence-electron chi connectivity index (χ0n) is 21.7. The summed E-state index contributed by atoms with van der Waals surface area (Å²) in [6.45, 7) is 15.9. The van der Waals surface area contributed by atoms with E-state index in [0.29, 0.717) is 34.7 Å². The molecule has 6 rings (SSSR count). The molecule has 0 N–H and O–H groups in total. The molecule has 32 heavy (non-hydrogen) atoms. The van der Waals surface area contributed by atoms with Crippen molar-refractivity contribution in [3.8, 4) is 0 Å². The van der Waals surface area contributed by atoms with Gasteiger partial charge in [-0.2, -0.15) is 0 Å². The van der Waals surface area contributed by atoms with Gasteiger partial charge in [0.15, 0.2) is 5.79 Å². The summed E-state index contributed by atoms with van der Waals surface area (Å²) in [6, 6.07) is 0. The number of fused-ring (bicyclic) bond motifs is 7. The summed E-state index contributed by atoms with van der Waals surface area (Å²) in [5.74, 6) is 6.02. The number of hydrogen-bond donors (Lipinski definition) is 0. The predicted octanol–water partition coefficient (Wildman–Crippen LogP) is 7.63. The Balaban J connectivity index is 1.26. The van der Waals surface area contributed by atoms with Gasteiger partial charge in [0.2, 0.25) is 0 Å². The molecule has 2 saturated heterocycles. The first-order chi connectivity index (χ1) is 15.2. The second-order valence-corrected chi connectivity index (χ2v) is 14.0. The molecule has 0 radical (unpaired) electrons. The summed E-state index contributed by atoms with van der Waals surface area (Å²) in [5.41, 5.74) is 2.76. The van der Waals surface area contributed by atoms with Crippen molar-refractivity contribution in [3.05, 3.63) is 11.6 Å². The van der Waals surface area contributed by atoms with Crippen LogP contribution in [0.15, 0.2) is 11.6 Å². The van der Waals surface area contributed by atoms with E-state index in [1.165, 1.54) is 51.4 Å². The largest absolute Gasteiger partial charge is 0.349 e. The van der Waals surface area contributed by atoms with Crippen molar-refractivity contribution in [3.63, 3.8) is 0 Å². The van der Waals surface area contributed by atoms with E-state index < -0.39 is 0 Å². The van der Waals surface area contributed by atoms with E-state index in [1.54, 1.807) is 0 Å². The summed E-state index contributed by atoms with van der Waals surface area (Å²) < 4.78 is 13.4. The molecule has 0 bridgehead atoms. The molecular weight excluding hydrogens is 392 g/mol. The Morgan fingerprint density at radius 3 is 2.53 bits per heavy atom. The van der Waals surface area contributed by atoms with Gasteiger partial charge in [-0.05, 0) is 104 Å². The smallest absolute Gasteiger partial charge is 0.171 e. The summed E-state index contributed by atoms with van der Waals surface area (Å²) in [7, 11) is 0. The molecule has 2 heteroatoms. The van der Waals surface area contributed by atoms with Crippen LogP contribution in [0.1, 0.15) is 99.3 Å². The lowest BCUT2D eigenvalue weighted by atomic mass is 9.46. The van der Waals surface area contributed by atoms with Gasteiger partial charge in [-0.3, -0.25) is 0 Å². The topological polar surface area (TPSA) is 18.5 Å². The Hall–Kier alpha value is -0.340. The molecule has 11 atom stereocenters. The summed E-state index contributed by atoms with van der Waals surface area (Å²) in [5, 5.41) is 0. The fourth-order valence-electron chi connectivity index (χ4n) is 10.3. The van der Waals surface area contributed by atoms with Crippen molar-refractivity contribution >= 4 is 0 Å². The molecule has 0 aromatic carbocycles. The summed E-state index contributed by atoms with van der Waals surface area (Å²) >= 11 is 0. The van der Waals surface area contributed by atoms with Crippen LogP contribution in [0.3, 0.4) is 0 Å². The molecule has 2 nitrogen and oxygen atoms in total. The molecule has 5 fully saturated rings. The molecular formula is C30H48O2. The van der Waals surface area contributed by atoms with Gasteiger partial charge in [0.1, 0.15) is 0 Å². The highest BCUT2D eigenvalue weighted by atomic mass is 16.7.